The summed E-state index contributed by atoms with van der Waals surface area (Å²) in [4.78, 5) is 7.44. The fraction of sp³-hybridized carbons (Fsp3) is 0.500. The summed E-state index contributed by atoms with van der Waals surface area (Å²) < 4.78 is 0. The standard InChI is InChI=1S/C18H25N3/c1-13(2)19-12-16-11-15-8-4-5-9-17(15)18(20-16)21-10-6-7-14(21)3/h4-5,8-9,11,13-14,19H,6-7,10,12H2,1-3H3. The summed E-state index contributed by atoms with van der Waals surface area (Å²) in [5, 5.41) is 6.05. The first-order valence-corrected chi connectivity index (χ1v) is 8.04. The van der Waals surface area contributed by atoms with Crippen LogP contribution in [-0.2, 0) is 6.54 Å². The van der Waals surface area contributed by atoms with Gasteiger partial charge in [0.05, 0.1) is 5.69 Å². The van der Waals surface area contributed by atoms with Crippen molar-refractivity contribution in [2.24, 2.45) is 0 Å². The lowest BCUT2D eigenvalue weighted by Gasteiger charge is -2.25. The van der Waals surface area contributed by atoms with E-state index in [0.29, 0.717) is 12.1 Å². The van der Waals surface area contributed by atoms with E-state index < -0.39 is 0 Å². The molecular formula is C18H25N3. The van der Waals surface area contributed by atoms with Crippen LogP contribution < -0.4 is 10.2 Å². The molecular weight excluding hydrogens is 258 g/mol. The first kappa shape index (κ1) is 14.3. The third-order valence-electron chi connectivity index (χ3n) is 4.29. The van der Waals surface area contributed by atoms with Gasteiger partial charge in [-0.3, -0.25) is 0 Å². The Balaban J connectivity index is 2.03. The lowest BCUT2D eigenvalue weighted by atomic mass is 10.1. The molecule has 1 fully saturated rings. The van der Waals surface area contributed by atoms with E-state index in [1.807, 2.05) is 0 Å². The molecule has 3 nitrogen and oxygen atoms in total. The second-order valence-corrected chi connectivity index (χ2v) is 6.38. The number of fused-ring (bicyclic) bond motifs is 1. The largest absolute Gasteiger partial charge is 0.353 e. The van der Waals surface area contributed by atoms with Crippen molar-refractivity contribution in [3.63, 3.8) is 0 Å². The molecule has 3 rings (SSSR count). The predicted molar refractivity (Wildman–Crippen MR) is 89.8 cm³/mol. The second kappa shape index (κ2) is 6.02. The summed E-state index contributed by atoms with van der Waals surface area (Å²) >= 11 is 0. The maximum Gasteiger partial charge on any atom is 0.137 e. The van der Waals surface area contributed by atoms with Crippen LogP contribution in [0, 0.1) is 0 Å². The number of hydrogen-bond donors (Lipinski definition) is 1. The van der Waals surface area contributed by atoms with Crippen LogP contribution in [0.25, 0.3) is 10.8 Å². The van der Waals surface area contributed by atoms with Crippen LogP contribution in [-0.4, -0.2) is 23.6 Å². The maximum atomic E-state index is 4.97. The Labute approximate surface area is 127 Å². The van der Waals surface area contributed by atoms with Crippen LogP contribution in [0.15, 0.2) is 30.3 Å². The first-order valence-electron chi connectivity index (χ1n) is 8.04. The van der Waals surface area contributed by atoms with Gasteiger partial charge in [-0.15, -0.1) is 0 Å². The van der Waals surface area contributed by atoms with Crippen LogP contribution in [0.2, 0.25) is 0 Å². The fourth-order valence-electron chi connectivity index (χ4n) is 3.10. The minimum Gasteiger partial charge on any atom is -0.353 e. The lowest BCUT2D eigenvalue weighted by Crippen LogP contribution is -2.28. The van der Waals surface area contributed by atoms with Gasteiger partial charge in [0.25, 0.3) is 0 Å². The smallest absolute Gasteiger partial charge is 0.137 e. The zero-order valence-electron chi connectivity index (χ0n) is 13.3. The van der Waals surface area contributed by atoms with Crippen molar-refractivity contribution >= 4 is 16.6 Å². The summed E-state index contributed by atoms with van der Waals surface area (Å²) in [6.45, 7) is 8.61. The van der Waals surface area contributed by atoms with Gasteiger partial charge in [-0.25, -0.2) is 4.98 Å². The zero-order chi connectivity index (χ0) is 14.8. The van der Waals surface area contributed by atoms with Crippen molar-refractivity contribution in [1.29, 1.82) is 0 Å². The van der Waals surface area contributed by atoms with Crippen molar-refractivity contribution in [2.75, 3.05) is 11.4 Å². The molecule has 1 unspecified atom stereocenters. The molecule has 0 bridgehead atoms. The van der Waals surface area contributed by atoms with E-state index in [4.69, 9.17) is 4.98 Å². The molecule has 1 aromatic heterocycles. The quantitative estimate of drug-likeness (QED) is 0.927. The number of benzene rings is 1. The van der Waals surface area contributed by atoms with Gasteiger partial charge in [0, 0.05) is 30.6 Å². The highest BCUT2D eigenvalue weighted by Crippen LogP contribution is 2.31. The van der Waals surface area contributed by atoms with Gasteiger partial charge in [0.2, 0.25) is 0 Å². The third kappa shape index (κ3) is 3.03. The van der Waals surface area contributed by atoms with E-state index >= 15 is 0 Å². The zero-order valence-corrected chi connectivity index (χ0v) is 13.3. The van der Waals surface area contributed by atoms with Crippen molar-refractivity contribution < 1.29 is 0 Å². The number of aromatic nitrogens is 1. The molecule has 0 radical (unpaired) electrons. The molecule has 0 saturated carbocycles. The van der Waals surface area contributed by atoms with Crippen LogP contribution in [0.5, 0.6) is 0 Å². The summed E-state index contributed by atoms with van der Waals surface area (Å²) in [6.07, 6.45) is 2.54. The third-order valence-corrected chi connectivity index (χ3v) is 4.29. The number of nitrogens with one attached hydrogen (secondary N) is 1. The van der Waals surface area contributed by atoms with Gasteiger partial charge in [-0.1, -0.05) is 38.1 Å². The minimum atomic E-state index is 0.479. The molecule has 3 heteroatoms. The van der Waals surface area contributed by atoms with E-state index in [1.165, 1.54) is 29.4 Å². The van der Waals surface area contributed by atoms with E-state index in [1.54, 1.807) is 0 Å². The van der Waals surface area contributed by atoms with Crippen molar-refractivity contribution in [1.82, 2.24) is 10.3 Å². The molecule has 1 atom stereocenters. The summed E-state index contributed by atoms with van der Waals surface area (Å²) in [5.41, 5.74) is 1.14. The highest BCUT2D eigenvalue weighted by atomic mass is 15.2. The average molecular weight is 283 g/mol. The first-order chi connectivity index (χ1) is 10.1. The van der Waals surface area contributed by atoms with Crippen molar-refractivity contribution in [3.8, 4) is 0 Å². The van der Waals surface area contributed by atoms with Crippen molar-refractivity contribution in [2.45, 2.75) is 52.2 Å². The molecule has 1 saturated heterocycles. The number of anilines is 1. The van der Waals surface area contributed by atoms with Crippen molar-refractivity contribution in [3.05, 3.63) is 36.0 Å². The van der Waals surface area contributed by atoms with Gasteiger partial charge < -0.3 is 10.2 Å². The maximum absolute atomic E-state index is 4.97. The van der Waals surface area contributed by atoms with Crippen LogP contribution in [0.4, 0.5) is 5.82 Å². The molecule has 1 aliphatic rings. The van der Waals surface area contributed by atoms with Gasteiger partial charge in [-0.05, 0) is 31.2 Å². The van der Waals surface area contributed by atoms with Gasteiger partial charge >= 0.3 is 0 Å². The Morgan fingerprint density at radius 2 is 2.14 bits per heavy atom. The minimum absolute atomic E-state index is 0.479. The normalized spacial score (nSPS) is 18.9. The van der Waals surface area contributed by atoms with E-state index in [-0.39, 0.29) is 0 Å². The van der Waals surface area contributed by atoms with Gasteiger partial charge in [0.15, 0.2) is 0 Å². The van der Waals surface area contributed by atoms with Gasteiger partial charge in [0.1, 0.15) is 5.82 Å². The van der Waals surface area contributed by atoms with E-state index in [0.717, 1.165) is 18.8 Å². The SMILES string of the molecule is CC(C)NCc1cc2ccccc2c(N2CCCC2C)n1. The second-order valence-electron chi connectivity index (χ2n) is 6.38. The Morgan fingerprint density at radius 1 is 1.33 bits per heavy atom. The van der Waals surface area contributed by atoms with E-state index in [2.05, 4.69) is 61.3 Å². The van der Waals surface area contributed by atoms with Crippen LogP contribution >= 0.6 is 0 Å². The number of pyridine rings is 1. The summed E-state index contributed by atoms with van der Waals surface area (Å²) in [5.74, 6) is 1.17. The highest BCUT2D eigenvalue weighted by Gasteiger charge is 2.23. The molecule has 21 heavy (non-hydrogen) atoms. The fourth-order valence-corrected chi connectivity index (χ4v) is 3.10. The number of hydrogen-bond acceptors (Lipinski definition) is 3. The molecule has 1 aromatic carbocycles. The topological polar surface area (TPSA) is 28.2 Å². The molecule has 1 aliphatic heterocycles. The average Bonchev–Trinajstić information content (AvgIpc) is 2.90. The molecule has 0 amide bonds. The Bertz CT molecular complexity index is 621. The molecule has 0 spiro atoms. The molecule has 2 heterocycles. The van der Waals surface area contributed by atoms with Crippen LogP contribution in [0.3, 0.4) is 0 Å². The molecule has 2 aromatic rings. The monoisotopic (exact) mass is 283 g/mol. The molecule has 1 N–H and O–H groups in total. The number of rotatable bonds is 4. The molecule has 112 valence electrons. The Hall–Kier alpha value is -1.61. The predicted octanol–water partition coefficient (Wildman–Crippen LogP) is 3.72. The Kier molecular flexibility index (Phi) is 4.11. The summed E-state index contributed by atoms with van der Waals surface area (Å²) in [7, 11) is 0. The summed E-state index contributed by atoms with van der Waals surface area (Å²) in [6, 6.07) is 11.9. The van der Waals surface area contributed by atoms with Crippen LogP contribution in [0.1, 0.15) is 39.3 Å². The Morgan fingerprint density at radius 3 is 2.86 bits per heavy atom. The lowest BCUT2D eigenvalue weighted by molar-refractivity contribution is 0.581. The van der Waals surface area contributed by atoms with E-state index in [9.17, 15) is 0 Å². The molecule has 0 aliphatic carbocycles. The highest BCUT2D eigenvalue weighted by molar-refractivity contribution is 5.92. The number of nitrogens with zero attached hydrogens (tertiary/aromatic N) is 2. The van der Waals surface area contributed by atoms with Gasteiger partial charge in [-0.2, -0.15) is 0 Å².